The van der Waals surface area contributed by atoms with Crippen LogP contribution in [0.25, 0.3) is 0 Å². The third-order valence-corrected chi connectivity index (χ3v) is 4.52. The smallest absolute Gasteiger partial charge is 0.122 e. The highest BCUT2D eigenvalue weighted by Gasteiger charge is 2.31. The minimum absolute atomic E-state index is 0.689. The van der Waals surface area contributed by atoms with Gasteiger partial charge in [0.1, 0.15) is 5.75 Å². The van der Waals surface area contributed by atoms with Crippen molar-refractivity contribution in [2.75, 3.05) is 13.2 Å². The molecule has 2 saturated carbocycles. The standard InChI is InChI=1S/C17H25NO/c1-2-19-17-9-4-3-7-16(17)15-8-5-6-13(15)12-18-14-10-11-14/h3-4,7,9,13-15,18H,2,5-6,8,10-12H2,1H3. The van der Waals surface area contributed by atoms with Gasteiger partial charge >= 0.3 is 0 Å². The van der Waals surface area contributed by atoms with Gasteiger partial charge in [-0.15, -0.1) is 0 Å². The van der Waals surface area contributed by atoms with Gasteiger partial charge in [-0.3, -0.25) is 0 Å². The first-order valence-corrected chi connectivity index (χ1v) is 7.83. The number of para-hydroxylation sites is 1. The van der Waals surface area contributed by atoms with Crippen molar-refractivity contribution in [3.8, 4) is 5.75 Å². The summed E-state index contributed by atoms with van der Waals surface area (Å²) in [5, 5.41) is 3.71. The lowest BCUT2D eigenvalue weighted by Gasteiger charge is -2.22. The molecule has 3 rings (SSSR count). The molecule has 0 spiro atoms. The molecular formula is C17H25NO. The van der Waals surface area contributed by atoms with Crippen molar-refractivity contribution in [3.05, 3.63) is 29.8 Å². The number of benzene rings is 1. The first-order valence-electron chi connectivity index (χ1n) is 7.83. The molecule has 0 aliphatic heterocycles. The van der Waals surface area contributed by atoms with Crippen molar-refractivity contribution in [3.63, 3.8) is 0 Å². The zero-order valence-electron chi connectivity index (χ0n) is 11.9. The van der Waals surface area contributed by atoms with E-state index < -0.39 is 0 Å². The predicted molar refractivity (Wildman–Crippen MR) is 78.7 cm³/mol. The summed E-state index contributed by atoms with van der Waals surface area (Å²) in [6.45, 7) is 4.02. The topological polar surface area (TPSA) is 21.3 Å². The fraction of sp³-hybridized carbons (Fsp3) is 0.647. The van der Waals surface area contributed by atoms with Crippen molar-refractivity contribution in [2.24, 2.45) is 5.92 Å². The molecule has 1 aromatic carbocycles. The Morgan fingerprint density at radius 1 is 1.16 bits per heavy atom. The average molecular weight is 259 g/mol. The summed E-state index contributed by atoms with van der Waals surface area (Å²) < 4.78 is 5.82. The zero-order chi connectivity index (χ0) is 13.1. The molecule has 2 nitrogen and oxygen atoms in total. The van der Waals surface area contributed by atoms with Crippen LogP contribution >= 0.6 is 0 Å². The third-order valence-electron chi connectivity index (χ3n) is 4.52. The van der Waals surface area contributed by atoms with E-state index >= 15 is 0 Å². The quantitative estimate of drug-likeness (QED) is 0.840. The molecule has 2 fully saturated rings. The van der Waals surface area contributed by atoms with Crippen LogP contribution < -0.4 is 10.1 Å². The molecular weight excluding hydrogens is 234 g/mol. The van der Waals surface area contributed by atoms with Crippen molar-refractivity contribution in [1.82, 2.24) is 5.32 Å². The number of ether oxygens (including phenoxy) is 1. The van der Waals surface area contributed by atoms with E-state index in [9.17, 15) is 0 Å². The van der Waals surface area contributed by atoms with E-state index in [1.165, 1.54) is 44.2 Å². The molecule has 0 heterocycles. The van der Waals surface area contributed by atoms with Gasteiger partial charge in [0.15, 0.2) is 0 Å². The van der Waals surface area contributed by atoms with Crippen LogP contribution in [-0.4, -0.2) is 19.2 Å². The second kappa shape index (κ2) is 5.96. The number of rotatable bonds is 6. The van der Waals surface area contributed by atoms with Crippen LogP contribution in [-0.2, 0) is 0 Å². The van der Waals surface area contributed by atoms with Crippen LogP contribution in [0.4, 0.5) is 0 Å². The maximum Gasteiger partial charge on any atom is 0.122 e. The maximum absolute atomic E-state index is 5.82. The Kier molecular flexibility index (Phi) is 4.07. The molecule has 1 N–H and O–H groups in total. The molecule has 2 aliphatic rings. The van der Waals surface area contributed by atoms with Crippen molar-refractivity contribution in [1.29, 1.82) is 0 Å². The Bertz CT molecular complexity index is 413. The van der Waals surface area contributed by atoms with Crippen LogP contribution in [0.15, 0.2) is 24.3 Å². The van der Waals surface area contributed by atoms with E-state index in [4.69, 9.17) is 4.74 Å². The van der Waals surface area contributed by atoms with Gasteiger partial charge in [0.2, 0.25) is 0 Å². The van der Waals surface area contributed by atoms with Crippen molar-refractivity contribution >= 4 is 0 Å². The highest BCUT2D eigenvalue weighted by molar-refractivity contribution is 5.37. The monoisotopic (exact) mass is 259 g/mol. The molecule has 0 amide bonds. The van der Waals surface area contributed by atoms with Crippen molar-refractivity contribution in [2.45, 2.75) is 51.0 Å². The van der Waals surface area contributed by atoms with Crippen molar-refractivity contribution < 1.29 is 4.74 Å². The predicted octanol–water partition coefficient (Wildman–Crippen LogP) is 3.72. The van der Waals surface area contributed by atoms with E-state index in [0.29, 0.717) is 5.92 Å². The van der Waals surface area contributed by atoms with Crippen LogP contribution in [0.2, 0.25) is 0 Å². The van der Waals surface area contributed by atoms with E-state index in [1.807, 2.05) is 0 Å². The summed E-state index contributed by atoms with van der Waals surface area (Å²) in [6.07, 6.45) is 6.81. The van der Waals surface area contributed by atoms with E-state index in [0.717, 1.165) is 24.3 Å². The van der Waals surface area contributed by atoms with Crippen LogP contribution in [0, 0.1) is 5.92 Å². The Labute approximate surface area is 116 Å². The summed E-state index contributed by atoms with van der Waals surface area (Å²) in [5.41, 5.74) is 1.43. The van der Waals surface area contributed by atoms with Crippen LogP contribution in [0.1, 0.15) is 50.5 Å². The minimum atomic E-state index is 0.689. The number of hydrogen-bond donors (Lipinski definition) is 1. The Morgan fingerprint density at radius 2 is 2.00 bits per heavy atom. The average Bonchev–Trinajstić information content (AvgIpc) is 3.15. The molecule has 0 saturated heterocycles. The lowest BCUT2D eigenvalue weighted by atomic mass is 9.88. The van der Waals surface area contributed by atoms with Crippen LogP contribution in [0.5, 0.6) is 5.75 Å². The summed E-state index contributed by atoms with van der Waals surface area (Å²) in [5.74, 6) is 2.59. The van der Waals surface area contributed by atoms with Gasteiger partial charge in [-0.2, -0.15) is 0 Å². The lowest BCUT2D eigenvalue weighted by molar-refractivity contribution is 0.329. The third kappa shape index (κ3) is 3.11. The fourth-order valence-electron chi connectivity index (χ4n) is 3.37. The second-order valence-corrected chi connectivity index (χ2v) is 5.95. The van der Waals surface area contributed by atoms with Gasteiger partial charge in [0.05, 0.1) is 6.61 Å². The van der Waals surface area contributed by atoms with E-state index in [1.54, 1.807) is 0 Å². The Hall–Kier alpha value is -1.02. The zero-order valence-corrected chi connectivity index (χ0v) is 11.9. The van der Waals surface area contributed by atoms with Gasteiger partial charge in [0.25, 0.3) is 0 Å². The largest absolute Gasteiger partial charge is 0.494 e. The van der Waals surface area contributed by atoms with Crippen LogP contribution in [0.3, 0.4) is 0 Å². The van der Waals surface area contributed by atoms with E-state index in [2.05, 4.69) is 36.5 Å². The van der Waals surface area contributed by atoms with E-state index in [-0.39, 0.29) is 0 Å². The molecule has 0 radical (unpaired) electrons. The summed E-state index contributed by atoms with van der Waals surface area (Å²) in [6, 6.07) is 9.46. The summed E-state index contributed by atoms with van der Waals surface area (Å²) in [7, 11) is 0. The molecule has 1 aromatic rings. The first kappa shape index (κ1) is 13.0. The molecule has 0 bridgehead atoms. The normalized spacial score (nSPS) is 26.6. The molecule has 2 atom stereocenters. The molecule has 104 valence electrons. The number of nitrogens with one attached hydrogen (secondary N) is 1. The van der Waals surface area contributed by atoms with Gasteiger partial charge in [-0.05, 0) is 62.6 Å². The molecule has 0 aromatic heterocycles. The number of hydrogen-bond acceptors (Lipinski definition) is 2. The SMILES string of the molecule is CCOc1ccccc1C1CCCC1CNC1CC1. The fourth-order valence-corrected chi connectivity index (χ4v) is 3.37. The van der Waals surface area contributed by atoms with Gasteiger partial charge in [0, 0.05) is 6.04 Å². The first-order chi connectivity index (χ1) is 9.38. The molecule has 2 aliphatic carbocycles. The Balaban J connectivity index is 1.71. The summed E-state index contributed by atoms with van der Waals surface area (Å²) >= 11 is 0. The highest BCUT2D eigenvalue weighted by Crippen LogP contribution is 2.43. The molecule has 2 heteroatoms. The van der Waals surface area contributed by atoms with Gasteiger partial charge in [-0.1, -0.05) is 24.6 Å². The maximum atomic E-state index is 5.82. The second-order valence-electron chi connectivity index (χ2n) is 5.95. The minimum Gasteiger partial charge on any atom is -0.494 e. The molecule has 19 heavy (non-hydrogen) atoms. The lowest BCUT2D eigenvalue weighted by Crippen LogP contribution is -2.26. The Morgan fingerprint density at radius 3 is 2.79 bits per heavy atom. The highest BCUT2D eigenvalue weighted by atomic mass is 16.5. The summed E-state index contributed by atoms with van der Waals surface area (Å²) in [4.78, 5) is 0. The molecule has 2 unspecified atom stereocenters. The van der Waals surface area contributed by atoms with Gasteiger partial charge < -0.3 is 10.1 Å². The van der Waals surface area contributed by atoms with Gasteiger partial charge in [-0.25, -0.2) is 0 Å².